The number of alkyl halides is 3. The molecule has 2 atom stereocenters. The number of amides is 2. The van der Waals surface area contributed by atoms with Crippen molar-refractivity contribution in [2.75, 3.05) is 13.1 Å². The van der Waals surface area contributed by atoms with E-state index in [2.05, 4.69) is 11.4 Å². The molecule has 8 heteroatoms. The highest BCUT2D eigenvalue weighted by atomic mass is 19.4. The summed E-state index contributed by atoms with van der Waals surface area (Å²) in [6.45, 7) is 4.80. The van der Waals surface area contributed by atoms with E-state index in [1.165, 1.54) is 6.07 Å². The minimum absolute atomic E-state index is 0.0765. The van der Waals surface area contributed by atoms with Crippen LogP contribution >= 0.6 is 0 Å². The van der Waals surface area contributed by atoms with Gasteiger partial charge in [-0.25, -0.2) is 0 Å². The Morgan fingerprint density at radius 1 is 1.08 bits per heavy atom. The second kappa shape index (κ2) is 12.9. The fraction of sp³-hybridized carbons (Fsp3) is 0.500. The summed E-state index contributed by atoms with van der Waals surface area (Å²) in [5.74, 6) is -0.226. The summed E-state index contributed by atoms with van der Waals surface area (Å²) in [6, 6.07) is 16.8. The van der Waals surface area contributed by atoms with Crippen molar-refractivity contribution in [1.82, 2.24) is 10.2 Å². The molecule has 3 rings (SSSR count). The van der Waals surface area contributed by atoms with E-state index in [1.54, 1.807) is 11.0 Å². The number of nitrogens with one attached hydrogen (secondary N) is 1. The molecular formula is C30H36F3N3O2. The van der Waals surface area contributed by atoms with E-state index in [0.717, 1.165) is 24.1 Å². The summed E-state index contributed by atoms with van der Waals surface area (Å²) >= 11 is 0. The van der Waals surface area contributed by atoms with Crippen LogP contribution in [0.3, 0.4) is 0 Å². The van der Waals surface area contributed by atoms with Crippen LogP contribution in [0.5, 0.6) is 0 Å². The van der Waals surface area contributed by atoms with Crippen LogP contribution in [-0.4, -0.2) is 35.8 Å². The zero-order valence-electron chi connectivity index (χ0n) is 22.1. The summed E-state index contributed by atoms with van der Waals surface area (Å²) < 4.78 is 38.8. The average Bonchev–Trinajstić information content (AvgIpc) is 3.39. The molecule has 5 nitrogen and oxygen atoms in total. The quantitative estimate of drug-likeness (QED) is 0.363. The van der Waals surface area contributed by atoms with Gasteiger partial charge in [0.15, 0.2) is 0 Å². The lowest BCUT2D eigenvalue weighted by atomic mass is 9.69. The molecule has 2 amide bonds. The molecule has 2 aromatic carbocycles. The normalized spacial score (nSPS) is 17.2. The predicted octanol–water partition coefficient (Wildman–Crippen LogP) is 6.03. The fourth-order valence-corrected chi connectivity index (χ4v) is 5.26. The van der Waals surface area contributed by atoms with Crippen molar-refractivity contribution in [3.63, 3.8) is 0 Å². The lowest BCUT2D eigenvalue weighted by molar-refractivity contribution is -0.138. The van der Waals surface area contributed by atoms with E-state index in [4.69, 9.17) is 0 Å². The van der Waals surface area contributed by atoms with Crippen LogP contribution in [-0.2, 0) is 27.6 Å². The second-order valence-corrected chi connectivity index (χ2v) is 10.3. The average molecular weight is 528 g/mol. The topological polar surface area (TPSA) is 73.2 Å². The van der Waals surface area contributed by atoms with Gasteiger partial charge in [-0.1, -0.05) is 68.8 Å². The molecule has 1 aliphatic rings. The minimum Gasteiger partial charge on any atom is -0.354 e. The molecular weight excluding hydrogens is 491 g/mol. The Balaban J connectivity index is 1.48. The van der Waals surface area contributed by atoms with Crippen LogP contribution < -0.4 is 5.32 Å². The zero-order valence-corrected chi connectivity index (χ0v) is 22.1. The van der Waals surface area contributed by atoms with Crippen molar-refractivity contribution < 1.29 is 22.8 Å². The van der Waals surface area contributed by atoms with Crippen LogP contribution in [0.25, 0.3) is 0 Å². The largest absolute Gasteiger partial charge is 0.416 e. The lowest BCUT2D eigenvalue weighted by Crippen LogP contribution is -2.46. The third-order valence-electron chi connectivity index (χ3n) is 7.53. The smallest absolute Gasteiger partial charge is 0.354 e. The van der Waals surface area contributed by atoms with Gasteiger partial charge in [0.1, 0.15) is 6.04 Å². The van der Waals surface area contributed by atoms with Crippen molar-refractivity contribution in [3.05, 3.63) is 71.3 Å². The Bertz CT molecular complexity index is 1130. The van der Waals surface area contributed by atoms with Gasteiger partial charge in [-0.15, -0.1) is 0 Å². The number of nitriles is 1. The first-order valence-corrected chi connectivity index (χ1v) is 13.3. The molecule has 1 unspecified atom stereocenters. The first-order valence-electron chi connectivity index (χ1n) is 13.3. The van der Waals surface area contributed by atoms with E-state index in [-0.39, 0.29) is 30.7 Å². The predicted molar refractivity (Wildman–Crippen MR) is 140 cm³/mol. The summed E-state index contributed by atoms with van der Waals surface area (Å²) in [5.41, 5.74) is 0.160. The third-order valence-corrected chi connectivity index (χ3v) is 7.53. The summed E-state index contributed by atoms with van der Waals surface area (Å²) in [6.07, 6.45) is -0.530. The number of carbonyl (C=O) groups is 2. The van der Waals surface area contributed by atoms with E-state index in [0.29, 0.717) is 44.2 Å². The number of hydrogen-bond acceptors (Lipinski definition) is 3. The Morgan fingerprint density at radius 2 is 1.79 bits per heavy atom. The van der Waals surface area contributed by atoms with E-state index >= 15 is 0 Å². The van der Waals surface area contributed by atoms with Gasteiger partial charge in [0.25, 0.3) is 0 Å². The highest BCUT2D eigenvalue weighted by Gasteiger charge is 2.36. The number of benzene rings is 2. The maximum atomic E-state index is 13.0. The maximum Gasteiger partial charge on any atom is 0.416 e. The molecule has 0 radical (unpaired) electrons. The number of hydrogen-bond donors (Lipinski definition) is 1. The van der Waals surface area contributed by atoms with Gasteiger partial charge in [0.2, 0.25) is 11.8 Å². The van der Waals surface area contributed by atoms with Gasteiger partial charge in [0, 0.05) is 19.5 Å². The highest BCUT2D eigenvalue weighted by molar-refractivity contribution is 5.88. The third kappa shape index (κ3) is 7.15. The molecule has 2 aromatic rings. The lowest BCUT2D eigenvalue weighted by Gasteiger charge is -2.31. The molecule has 0 bridgehead atoms. The van der Waals surface area contributed by atoms with Gasteiger partial charge < -0.3 is 10.2 Å². The number of halogens is 3. The number of likely N-dealkylation sites (tertiary alicyclic amines) is 1. The summed E-state index contributed by atoms with van der Waals surface area (Å²) in [7, 11) is 0. The van der Waals surface area contributed by atoms with Crippen molar-refractivity contribution in [3.8, 4) is 6.07 Å². The van der Waals surface area contributed by atoms with Crippen molar-refractivity contribution in [2.45, 2.75) is 76.4 Å². The van der Waals surface area contributed by atoms with Gasteiger partial charge >= 0.3 is 6.18 Å². The van der Waals surface area contributed by atoms with Crippen LogP contribution in [0, 0.1) is 17.2 Å². The number of unbranched alkanes of at least 4 members (excludes halogenated alkanes) is 1. The Morgan fingerprint density at radius 3 is 2.45 bits per heavy atom. The first-order chi connectivity index (χ1) is 18.1. The minimum atomic E-state index is -4.41. The molecule has 38 heavy (non-hydrogen) atoms. The zero-order chi connectivity index (χ0) is 27.8. The molecule has 1 saturated heterocycles. The van der Waals surface area contributed by atoms with Gasteiger partial charge in [-0.3, -0.25) is 9.59 Å². The molecule has 0 aliphatic carbocycles. The van der Waals surface area contributed by atoms with E-state index in [9.17, 15) is 28.0 Å². The van der Waals surface area contributed by atoms with Crippen LogP contribution in [0.2, 0.25) is 0 Å². The molecule has 1 aliphatic heterocycles. The molecule has 0 aromatic heterocycles. The number of nitrogens with zero attached hydrogens (tertiary/aromatic N) is 2. The van der Waals surface area contributed by atoms with E-state index in [1.807, 2.05) is 44.2 Å². The van der Waals surface area contributed by atoms with Crippen LogP contribution in [0.4, 0.5) is 13.2 Å². The van der Waals surface area contributed by atoms with Crippen molar-refractivity contribution >= 4 is 11.8 Å². The fourth-order valence-electron chi connectivity index (χ4n) is 5.26. The van der Waals surface area contributed by atoms with Gasteiger partial charge in [-0.05, 0) is 55.2 Å². The number of carbonyl (C=O) groups excluding carboxylic acids is 2. The van der Waals surface area contributed by atoms with Crippen molar-refractivity contribution in [2.24, 2.45) is 5.92 Å². The molecule has 1 N–H and O–H groups in total. The first kappa shape index (κ1) is 29.2. The highest BCUT2D eigenvalue weighted by Crippen LogP contribution is 2.37. The molecule has 1 heterocycles. The monoisotopic (exact) mass is 527 g/mol. The Labute approximate surface area is 223 Å². The van der Waals surface area contributed by atoms with E-state index < -0.39 is 23.2 Å². The number of rotatable bonds is 11. The molecule has 0 saturated carbocycles. The SMILES string of the molecule is CC(C)C(C#N)(CCCCC(=O)N1CCC[C@@H]1C(=O)NCCc1cccc(C(F)(F)F)c1)c1ccccc1. The molecule has 1 fully saturated rings. The van der Waals surface area contributed by atoms with Gasteiger partial charge in [0.05, 0.1) is 17.0 Å². The standard InChI is InChI=1S/C30H36F3N3O2/c1-22(2)29(21-34,24-11-4-3-5-12-24)17-7-6-15-27(37)36-19-9-14-26(36)28(38)35-18-16-23-10-8-13-25(20-23)30(31,32)33/h3-5,8,10-13,20,22,26H,6-7,9,14-19H2,1-2H3,(H,35,38)/t26-,29?/m1/s1. The Kier molecular flexibility index (Phi) is 9.96. The Hall–Kier alpha value is -3.34. The molecule has 204 valence electrons. The molecule has 0 spiro atoms. The van der Waals surface area contributed by atoms with Crippen LogP contribution in [0.1, 0.15) is 69.1 Å². The van der Waals surface area contributed by atoms with Crippen LogP contribution in [0.15, 0.2) is 54.6 Å². The maximum absolute atomic E-state index is 13.0. The van der Waals surface area contributed by atoms with Gasteiger partial charge in [-0.2, -0.15) is 18.4 Å². The second-order valence-electron chi connectivity index (χ2n) is 10.3. The summed E-state index contributed by atoms with van der Waals surface area (Å²) in [5, 5.41) is 12.8. The van der Waals surface area contributed by atoms with Crippen molar-refractivity contribution in [1.29, 1.82) is 5.26 Å². The summed E-state index contributed by atoms with van der Waals surface area (Å²) in [4.78, 5) is 27.4.